The van der Waals surface area contributed by atoms with Gasteiger partial charge in [-0.15, -0.1) is 0 Å². The van der Waals surface area contributed by atoms with Crippen LogP contribution in [0.25, 0.3) is 11.4 Å². The molecule has 1 N–H and O–H groups in total. The molecule has 2 rings (SSSR count). The zero-order valence-electron chi connectivity index (χ0n) is 8.12. The molecular weight excluding hydrogens is 195 g/mol. The number of hydrogen-bond donors (Lipinski definition) is 1. The second kappa shape index (κ2) is 3.65. The minimum absolute atomic E-state index is 0.325. The summed E-state index contributed by atoms with van der Waals surface area (Å²) in [6.07, 6.45) is 0.675. The molecule has 0 saturated carbocycles. The van der Waals surface area contributed by atoms with Crippen LogP contribution in [0.2, 0.25) is 0 Å². The molecule has 76 valence electrons. The van der Waals surface area contributed by atoms with Gasteiger partial charge in [0.1, 0.15) is 17.3 Å². The number of carbonyl (C=O) groups is 1. The van der Waals surface area contributed by atoms with Crippen molar-refractivity contribution < 1.29 is 9.18 Å². The highest BCUT2D eigenvalue weighted by Gasteiger charge is 2.07. The monoisotopic (exact) mass is 204 g/mol. The second-order valence-electron chi connectivity index (χ2n) is 3.22. The van der Waals surface area contributed by atoms with E-state index in [1.165, 1.54) is 12.1 Å². The first-order valence-corrected chi connectivity index (χ1v) is 4.48. The van der Waals surface area contributed by atoms with Gasteiger partial charge in [0.05, 0.1) is 0 Å². The Kier molecular flexibility index (Phi) is 2.33. The van der Waals surface area contributed by atoms with Crippen molar-refractivity contribution in [1.29, 1.82) is 0 Å². The first kappa shape index (κ1) is 9.58. The molecule has 1 aromatic heterocycles. The third-order valence-corrected chi connectivity index (χ3v) is 2.13. The highest BCUT2D eigenvalue weighted by atomic mass is 19.1. The molecule has 0 spiro atoms. The van der Waals surface area contributed by atoms with Gasteiger partial charge in [-0.2, -0.15) is 0 Å². The molecule has 15 heavy (non-hydrogen) atoms. The van der Waals surface area contributed by atoms with Gasteiger partial charge in [0.2, 0.25) is 0 Å². The molecule has 0 aliphatic heterocycles. The van der Waals surface area contributed by atoms with Crippen LogP contribution >= 0.6 is 0 Å². The van der Waals surface area contributed by atoms with Crippen molar-refractivity contribution in [3.8, 4) is 11.4 Å². The molecule has 2 aromatic rings. The van der Waals surface area contributed by atoms with Crippen LogP contribution in [0.1, 0.15) is 16.2 Å². The predicted molar refractivity (Wildman–Crippen MR) is 54.1 cm³/mol. The van der Waals surface area contributed by atoms with Crippen LogP contribution in [0.3, 0.4) is 0 Å². The van der Waals surface area contributed by atoms with E-state index in [1.807, 2.05) is 0 Å². The van der Waals surface area contributed by atoms with Crippen molar-refractivity contribution in [3.05, 3.63) is 41.5 Å². The third kappa shape index (κ3) is 1.79. The average Bonchev–Trinajstić information content (AvgIpc) is 2.60. The smallest absolute Gasteiger partial charge is 0.170 e. The van der Waals surface area contributed by atoms with Crippen LogP contribution < -0.4 is 0 Å². The Labute approximate surface area is 86.0 Å². The fraction of sp³-hybridized carbons (Fsp3) is 0.0909. The average molecular weight is 204 g/mol. The van der Waals surface area contributed by atoms with Gasteiger partial charge in [0.15, 0.2) is 6.29 Å². The Morgan fingerprint density at radius 1 is 1.47 bits per heavy atom. The lowest BCUT2D eigenvalue weighted by molar-refractivity contribution is 0.111. The summed E-state index contributed by atoms with van der Waals surface area (Å²) in [6, 6.07) is 6.06. The summed E-state index contributed by atoms with van der Waals surface area (Å²) in [7, 11) is 0. The molecule has 0 bridgehead atoms. The molecule has 1 aromatic carbocycles. The van der Waals surface area contributed by atoms with Crippen LogP contribution in [-0.4, -0.2) is 16.3 Å². The van der Waals surface area contributed by atoms with Crippen molar-refractivity contribution in [2.45, 2.75) is 6.92 Å². The van der Waals surface area contributed by atoms with Crippen molar-refractivity contribution >= 4 is 6.29 Å². The number of aromatic amines is 1. The van der Waals surface area contributed by atoms with Gasteiger partial charge < -0.3 is 4.98 Å². The molecule has 0 amide bonds. The normalized spacial score (nSPS) is 10.3. The number of H-pyrrole nitrogens is 1. The van der Waals surface area contributed by atoms with Crippen LogP contribution in [0.4, 0.5) is 4.39 Å². The van der Waals surface area contributed by atoms with E-state index in [0.29, 0.717) is 29.1 Å². The summed E-state index contributed by atoms with van der Waals surface area (Å²) in [4.78, 5) is 17.6. The molecule has 0 aliphatic rings. The zero-order valence-corrected chi connectivity index (χ0v) is 8.12. The lowest BCUT2D eigenvalue weighted by Gasteiger charge is -1.95. The van der Waals surface area contributed by atoms with Crippen molar-refractivity contribution in [3.63, 3.8) is 0 Å². The molecule has 0 radical (unpaired) electrons. The number of nitrogens with zero attached hydrogens (tertiary/aromatic N) is 1. The van der Waals surface area contributed by atoms with E-state index in [-0.39, 0.29) is 5.82 Å². The molecule has 0 unspecified atom stereocenters. The number of hydrogen-bond acceptors (Lipinski definition) is 2. The minimum Gasteiger partial charge on any atom is -0.341 e. The summed E-state index contributed by atoms with van der Waals surface area (Å²) in [6.45, 7) is 1.75. The highest BCUT2D eigenvalue weighted by Crippen LogP contribution is 2.17. The highest BCUT2D eigenvalue weighted by molar-refractivity contribution is 5.75. The van der Waals surface area contributed by atoms with Gasteiger partial charge in [0, 0.05) is 11.3 Å². The standard InChI is InChI=1S/C11H9FN2O/c1-7-10(6-15)14-11(13-7)8-3-2-4-9(12)5-8/h2-6H,1H3,(H,13,14). The molecule has 1 heterocycles. The van der Waals surface area contributed by atoms with Gasteiger partial charge in [-0.3, -0.25) is 4.79 Å². The molecule has 4 heteroatoms. The first-order valence-electron chi connectivity index (χ1n) is 4.48. The van der Waals surface area contributed by atoms with E-state index in [0.717, 1.165) is 0 Å². The quantitative estimate of drug-likeness (QED) is 0.763. The number of aryl methyl sites for hydroxylation is 1. The van der Waals surface area contributed by atoms with Crippen LogP contribution in [0, 0.1) is 12.7 Å². The van der Waals surface area contributed by atoms with Gasteiger partial charge in [-0.05, 0) is 19.1 Å². The van der Waals surface area contributed by atoms with Gasteiger partial charge >= 0.3 is 0 Å². The topological polar surface area (TPSA) is 45.8 Å². The summed E-state index contributed by atoms with van der Waals surface area (Å²) < 4.78 is 12.9. The SMILES string of the molecule is Cc1[nH]c(-c2cccc(F)c2)nc1C=O. The van der Waals surface area contributed by atoms with Gasteiger partial charge in [-0.1, -0.05) is 12.1 Å². The molecule has 0 saturated heterocycles. The van der Waals surface area contributed by atoms with Crippen LogP contribution in [0.5, 0.6) is 0 Å². The lowest BCUT2D eigenvalue weighted by Crippen LogP contribution is -1.83. The van der Waals surface area contributed by atoms with E-state index >= 15 is 0 Å². The number of rotatable bonds is 2. The maximum Gasteiger partial charge on any atom is 0.170 e. The first-order chi connectivity index (χ1) is 7.20. The van der Waals surface area contributed by atoms with Gasteiger partial charge in [0.25, 0.3) is 0 Å². The summed E-state index contributed by atoms with van der Waals surface area (Å²) in [5.74, 6) is 0.184. The number of aldehydes is 1. The van der Waals surface area contributed by atoms with Crippen molar-refractivity contribution in [1.82, 2.24) is 9.97 Å². The predicted octanol–water partition coefficient (Wildman–Crippen LogP) is 2.34. The van der Waals surface area contributed by atoms with Crippen molar-refractivity contribution in [2.24, 2.45) is 0 Å². The number of benzene rings is 1. The number of imidazole rings is 1. The van der Waals surface area contributed by atoms with Gasteiger partial charge in [-0.25, -0.2) is 9.37 Å². The van der Waals surface area contributed by atoms with E-state index < -0.39 is 0 Å². The second-order valence-corrected chi connectivity index (χ2v) is 3.22. The number of halogens is 1. The zero-order chi connectivity index (χ0) is 10.8. The number of carbonyl (C=O) groups excluding carboxylic acids is 1. The fourth-order valence-corrected chi connectivity index (χ4v) is 1.36. The molecule has 0 fully saturated rings. The third-order valence-electron chi connectivity index (χ3n) is 2.13. The van der Waals surface area contributed by atoms with E-state index in [9.17, 15) is 9.18 Å². The fourth-order valence-electron chi connectivity index (χ4n) is 1.36. The van der Waals surface area contributed by atoms with Crippen LogP contribution in [-0.2, 0) is 0 Å². The molecular formula is C11H9FN2O. The summed E-state index contributed by atoms with van der Waals surface area (Å²) in [5.41, 5.74) is 1.67. The largest absolute Gasteiger partial charge is 0.341 e. The number of nitrogens with one attached hydrogen (secondary N) is 1. The summed E-state index contributed by atoms with van der Waals surface area (Å²) in [5, 5.41) is 0. The Morgan fingerprint density at radius 3 is 2.87 bits per heavy atom. The summed E-state index contributed by atoms with van der Waals surface area (Å²) >= 11 is 0. The Balaban J connectivity index is 2.49. The number of aromatic nitrogens is 2. The molecule has 0 aliphatic carbocycles. The Morgan fingerprint density at radius 2 is 2.27 bits per heavy atom. The van der Waals surface area contributed by atoms with E-state index in [2.05, 4.69) is 9.97 Å². The van der Waals surface area contributed by atoms with Crippen molar-refractivity contribution in [2.75, 3.05) is 0 Å². The minimum atomic E-state index is -0.325. The maximum atomic E-state index is 12.9. The Bertz CT molecular complexity index is 505. The van der Waals surface area contributed by atoms with E-state index in [1.54, 1.807) is 19.1 Å². The van der Waals surface area contributed by atoms with E-state index in [4.69, 9.17) is 0 Å². The maximum absolute atomic E-state index is 12.9. The lowest BCUT2D eigenvalue weighted by atomic mass is 10.2. The molecule has 0 atom stereocenters. The van der Waals surface area contributed by atoms with Crippen LogP contribution in [0.15, 0.2) is 24.3 Å². The Hall–Kier alpha value is -1.97. The molecule has 3 nitrogen and oxygen atoms in total.